The molecule has 0 aliphatic carbocycles. The van der Waals surface area contributed by atoms with Crippen molar-refractivity contribution in [2.75, 3.05) is 32.5 Å². The Kier molecular flexibility index (Phi) is 5.45. The van der Waals surface area contributed by atoms with E-state index in [2.05, 4.69) is 4.98 Å². The molecule has 1 aliphatic rings. The fourth-order valence-corrected chi connectivity index (χ4v) is 3.60. The molecule has 9 nitrogen and oxygen atoms in total. The molecule has 0 unspecified atom stereocenters. The van der Waals surface area contributed by atoms with Crippen LogP contribution in [0, 0.1) is 0 Å². The maximum Gasteiger partial charge on any atom is 0.410 e. The second kappa shape index (κ2) is 7.78. The van der Waals surface area contributed by atoms with Crippen LogP contribution in [0.15, 0.2) is 43.0 Å². The number of carbonyl (C=O) groups excluding carboxylic acids is 2. The second-order valence-corrected chi connectivity index (χ2v) is 8.06. The van der Waals surface area contributed by atoms with Gasteiger partial charge >= 0.3 is 6.09 Å². The van der Waals surface area contributed by atoms with Crippen molar-refractivity contribution in [1.29, 1.82) is 0 Å². The van der Waals surface area contributed by atoms with Crippen LogP contribution in [-0.2, 0) is 26.0 Å². The summed E-state index contributed by atoms with van der Waals surface area (Å²) in [6.07, 6.45) is 6.15. The first kappa shape index (κ1) is 18.9. The zero-order valence-electron chi connectivity index (χ0n) is 14.8. The minimum atomic E-state index is -3.60. The molecule has 1 aromatic carbocycles. The number of amides is 2. The Bertz CT molecular complexity index is 909. The van der Waals surface area contributed by atoms with Gasteiger partial charge in [0.05, 0.1) is 25.7 Å². The van der Waals surface area contributed by atoms with Crippen LogP contribution < -0.4 is 0 Å². The lowest BCUT2D eigenvalue weighted by Gasteiger charge is -2.32. The van der Waals surface area contributed by atoms with Gasteiger partial charge in [0.1, 0.15) is 6.54 Å². The number of piperazine rings is 1. The minimum Gasteiger partial charge on any atom is -0.449 e. The molecule has 144 valence electrons. The van der Waals surface area contributed by atoms with E-state index in [-0.39, 0.29) is 26.2 Å². The Morgan fingerprint density at radius 3 is 2.56 bits per heavy atom. The summed E-state index contributed by atoms with van der Waals surface area (Å²) in [5, 5.41) is 0. The van der Waals surface area contributed by atoms with Crippen LogP contribution in [-0.4, -0.2) is 71.7 Å². The van der Waals surface area contributed by atoms with Crippen molar-refractivity contribution in [2.24, 2.45) is 0 Å². The Hall–Kier alpha value is -2.88. The first-order chi connectivity index (χ1) is 12.8. The molecule has 2 heterocycles. The molecule has 0 radical (unpaired) electrons. The van der Waals surface area contributed by atoms with Crippen molar-refractivity contribution in [3.8, 4) is 5.69 Å². The van der Waals surface area contributed by atoms with Gasteiger partial charge in [-0.25, -0.2) is 22.5 Å². The zero-order valence-corrected chi connectivity index (χ0v) is 15.6. The summed E-state index contributed by atoms with van der Waals surface area (Å²) in [4.78, 5) is 29.2. The first-order valence-corrected chi connectivity index (χ1v) is 10.2. The van der Waals surface area contributed by atoms with Crippen molar-refractivity contribution in [3.05, 3.63) is 48.5 Å². The van der Waals surface area contributed by atoms with Crippen LogP contribution in [0.1, 0.15) is 5.56 Å². The highest BCUT2D eigenvalue weighted by Gasteiger charge is 2.32. The maximum absolute atomic E-state index is 12.1. The van der Waals surface area contributed by atoms with Gasteiger partial charge in [0.2, 0.25) is 10.0 Å². The highest BCUT2D eigenvalue weighted by molar-refractivity contribution is 7.88. The molecule has 1 aromatic heterocycles. The molecule has 2 aromatic rings. The van der Waals surface area contributed by atoms with Gasteiger partial charge in [0.25, 0.3) is 5.91 Å². The van der Waals surface area contributed by atoms with Crippen molar-refractivity contribution >= 4 is 22.0 Å². The lowest BCUT2D eigenvalue weighted by atomic mass is 10.1. The van der Waals surface area contributed by atoms with Crippen molar-refractivity contribution in [2.45, 2.75) is 6.42 Å². The first-order valence-electron chi connectivity index (χ1n) is 8.34. The van der Waals surface area contributed by atoms with Gasteiger partial charge < -0.3 is 9.30 Å². The molecule has 2 amide bonds. The van der Waals surface area contributed by atoms with E-state index in [1.807, 2.05) is 35.0 Å². The zero-order chi connectivity index (χ0) is 19.4. The summed E-state index contributed by atoms with van der Waals surface area (Å²) in [6.45, 7) is -0.0605. The van der Waals surface area contributed by atoms with Gasteiger partial charge in [-0.15, -0.1) is 0 Å². The lowest BCUT2D eigenvalue weighted by molar-refractivity contribution is -0.129. The smallest absolute Gasteiger partial charge is 0.410 e. The van der Waals surface area contributed by atoms with Crippen molar-refractivity contribution < 1.29 is 22.7 Å². The molecule has 1 aliphatic heterocycles. The van der Waals surface area contributed by atoms with Gasteiger partial charge in [-0.1, -0.05) is 12.1 Å². The summed E-state index contributed by atoms with van der Waals surface area (Å²) in [6, 6.07) is 7.78. The number of aromatic nitrogens is 2. The summed E-state index contributed by atoms with van der Waals surface area (Å²) in [5.41, 5.74) is 1.99. The minimum absolute atomic E-state index is 0.0531. The van der Waals surface area contributed by atoms with Crippen LogP contribution >= 0.6 is 0 Å². The molecule has 27 heavy (non-hydrogen) atoms. The summed E-state index contributed by atoms with van der Waals surface area (Å²) in [5.74, 6) is -0.629. The molecule has 0 N–H and O–H groups in total. The molecule has 3 rings (SSSR count). The van der Waals surface area contributed by atoms with Gasteiger partial charge in [0.15, 0.2) is 0 Å². The largest absolute Gasteiger partial charge is 0.449 e. The average Bonchev–Trinajstić information content (AvgIpc) is 3.15. The van der Waals surface area contributed by atoms with E-state index in [1.54, 1.807) is 12.5 Å². The van der Waals surface area contributed by atoms with Crippen LogP contribution in [0.3, 0.4) is 0 Å². The number of hydrogen-bond donors (Lipinski definition) is 0. The number of hydrogen-bond acceptors (Lipinski definition) is 6. The fraction of sp³-hybridized carbons (Fsp3) is 0.353. The number of ether oxygens (including phenoxy) is 1. The normalized spacial score (nSPS) is 15.1. The number of sulfonamides is 1. The number of rotatable bonds is 5. The standard InChI is InChI=1S/C17H20N4O5S/c1-27(24,25)21-10-9-19(12-16(21)22)17(23)26-11-6-14-2-4-15(5-3-14)20-8-7-18-13-20/h2-5,7-8,13H,6,9-12H2,1H3. The van der Waals surface area contributed by atoms with Gasteiger partial charge in [-0.3, -0.25) is 9.69 Å². The number of imidazole rings is 1. The summed E-state index contributed by atoms with van der Waals surface area (Å²) >= 11 is 0. The molecule has 1 fully saturated rings. The van der Waals surface area contributed by atoms with E-state index in [9.17, 15) is 18.0 Å². The van der Waals surface area contributed by atoms with E-state index in [1.165, 1.54) is 4.90 Å². The molecular weight excluding hydrogens is 372 g/mol. The number of benzene rings is 1. The predicted molar refractivity (Wildman–Crippen MR) is 96.7 cm³/mol. The maximum atomic E-state index is 12.1. The van der Waals surface area contributed by atoms with Crippen LogP contribution in [0.25, 0.3) is 5.69 Å². The van der Waals surface area contributed by atoms with E-state index in [4.69, 9.17) is 4.74 Å². The summed E-state index contributed by atoms with van der Waals surface area (Å²) < 4.78 is 30.8. The van der Waals surface area contributed by atoms with Crippen molar-refractivity contribution in [3.63, 3.8) is 0 Å². The molecule has 10 heteroatoms. The van der Waals surface area contributed by atoms with E-state index < -0.39 is 22.0 Å². The third-order valence-electron chi connectivity index (χ3n) is 4.19. The van der Waals surface area contributed by atoms with Crippen LogP contribution in [0.2, 0.25) is 0 Å². The highest BCUT2D eigenvalue weighted by Crippen LogP contribution is 2.11. The third-order valence-corrected chi connectivity index (χ3v) is 5.38. The van der Waals surface area contributed by atoms with Gasteiger partial charge in [0, 0.05) is 31.0 Å². The monoisotopic (exact) mass is 392 g/mol. The lowest BCUT2D eigenvalue weighted by Crippen LogP contribution is -2.53. The third kappa shape index (κ3) is 4.64. The molecule has 0 atom stereocenters. The number of carbonyl (C=O) groups is 2. The van der Waals surface area contributed by atoms with E-state index >= 15 is 0 Å². The SMILES string of the molecule is CS(=O)(=O)N1CCN(C(=O)OCCc2ccc(-n3ccnc3)cc2)CC1=O. The number of nitrogens with zero attached hydrogens (tertiary/aromatic N) is 4. The Labute approximate surface area is 157 Å². The predicted octanol–water partition coefficient (Wildman–Crippen LogP) is 0.655. The van der Waals surface area contributed by atoms with Crippen molar-refractivity contribution in [1.82, 2.24) is 18.8 Å². The fourth-order valence-electron chi connectivity index (χ4n) is 2.76. The Balaban J connectivity index is 1.47. The van der Waals surface area contributed by atoms with Crippen LogP contribution in [0.4, 0.5) is 4.79 Å². The summed E-state index contributed by atoms with van der Waals surface area (Å²) in [7, 11) is -3.60. The second-order valence-electron chi connectivity index (χ2n) is 6.15. The highest BCUT2D eigenvalue weighted by atomic mass is 32.2. The molecular formula is C17H20N4O5S. The van der Waals surface area contributed by atoms with E-state index in [0.717, 1.165) is 21.8 Å². The quantitative estimate of drug-likeness (QED) is 0.741. The molecule has 0 spiro atoms. The Morgan fingerprint density at radius 1 is 1.22 bits per heavy atom. The average molecular weight is 392 g/mol. The Morgan fingerprint density at radius 2 is 1.96 bits per heavy atom. The molecule has 0 bridgehead atoms. The van der Waals surface area contributed by atoms with E-state index in [0.29, 0.717) is 6.42 Å². The topological polar surface area (TPSA) is 102 Å². The molecule has 1 saturated heterocycles. The van der Waals surface area contributed by atoms with Gasteiger partial charge in [-0.2, -0.15) is 0 Å². The van der Waals surface area contributed by atoms with Crippen LogP contribution in [0.5, 0.6) is 0 Å². The molecule has 0 saturated carbocycles. The van der Waals surface area contributed by atoms with Gasteiger partial charge in [-0.05, 0) is 17.7 Å².